The molecule has 0 bridgehead atoms. The number of thioether (sulfide) groups is 1. The number of aliphatic hydroxyl groups is 1. The van der Waals surface area contributed by atoms with Crippen LogP contribution in [0.1, 0.15) is 18.4 Å². The Labute approximate surface area is 164 Å². The van der Waals surface area contributed by atoms with Crippen molar-refractivity contribution >= 4 is 51.7 Å². The summed E-state index contributed by atoms with van der Waals surface area (Å²) >= 11 is 6.82. The van der Waals surface area contributed by atoms with Crippen molar-refractivity contribution in [1.82, 2.24) is 9.88 Å². The lowest BCUT2D eigenvalue weighted by atomic mass is 9.90. The first-order valence-electron chi connectivity index (χ1n) is 8.19. The quantitative estimate of drug-likeness (QED) is 0.591. The Kier molecular flexibility index (Phi) is 4.68. The van der Waals surface area contributed by atoms with Gasteiger partial charge >= 0.3 is 0 Å². The first kappa shape index (κ1) is 17.8. The van der Waals surface area contributed by atoms with Crippen LogP contribution in [0, 0.1) is 5.92 Å². The van der Waals surface area contributed by atoms with Crippen LogP contribution in [0.2, 0.25) is 0 Å². The topological polar surface area (TPSA) is 70.5 Å². The van der Waals surface area contributed by atoms with Crippen LogP contribution < -0.4 is 0 Å². The van der Waals surface area contributed by atoms with Crippen molar-refractivity contribution in [1.29, 1.82) is 0 Å². The zero-order valence-corrected chi connectivity index (χ0v) is 16.4. The number of β-lactam (4-membered cyclic amide) rings is 1. The molecule has 3 atom stereocenters. The lowest BCUT2D eigenvalue weighted by Gasteiger charge is -2.44. The molecule has 5 nitrogen and oxygen atoms in total. The van der Waals surface area contributed by atoms with Gasteiger partial charge in [0, 0.05) is 10.9 Å². The number of benzene rings is 1. The summed E-state index contributed by atoms with van der Waals surface area (Å²) in [5.74, 6) is -0.706. The normalized spacial score (nSPS) is 23.0. The number of nitrogens with zero attached hydrogens (tertiary/aromatic N) is 2. The first-order valence-corrected chi connectivity index (χ1v) is 10.4. The zero-order valence-electron chi connectivity index (χ0n) is 13.8. The molecule has 0 unspecified atom stereocenters. The van der Waals surface area contributed by atoms with Crippen LogP contribution in [-0.2, 0) is 9.59 Å². The summed E-state index contributed by atoms with van der Waals surface area (Å²) in [6, 6.07) is 9.79. The number of hydrogen-bond acceptors (Lipinski definition) is 6. The maximum Gasteiger partial charge on any atom is 0.236 e. The fourth-order valence-corrected chi connectivity index (χ4v) is 6.02. The van der Waals surface area contributed by atoms with Crippen molar-refractivity contribution in [3.8, 4) is 11.3 Å². The molecule has 3 heterocycles. The molecule has 2 aliphatic rings. The number of carbonyl (C=O) groups is 2. The monoisotopic (exact) mass is 404 g/mol. The average Bonchev–Trinajstić information content (AvgIpc) is 3.25. The molecule has 1 aromatic carbocycles. The Hall–Kier alpha value is -1.61. The number of hydrogen-bond donors (Lipinski definition) is 2. The van der Waals surface area contributed by atoms with Gasteiger partial charge in [0.05, 0.1) is 22.6 Å². The van der Waals surface area contributed by atoms with Gasteiger partial charge in [0.25, 0.3) is 0 Å². The van der Waals surface area contributed by atoms with Crippen molar-refractivity contribution in [3.63, 3.8) is 0 Å². The molecular weight excluding hydrogens is 388 g/mol. The average molecular weight is 405 g/mol. The van der Waals surface area contributed by atoms with E-state index in [9.17, 15) is 14.7 Å². The number of amides is 1. The molecule has 0 spiro atoms. The van der Waals surface area contributed by atoms with E-state index < -0.39 is 17.1 Å². The summed E-state index contributed by atoms with van der Waals surface area (Å²) < 4.78 is 0. The van der Waals surface area contributed by atoms with E-state index in [4.69, 9.17) is 0 Å². The fraction of sp³-hybridized carbons (Fsp3) is 0.278. The molecule has 1 saturated heterocycles. The summed E-state index contributed by atoms with van der Waals surface area (Å²) in [4.78, 5) is 31.4. The van der Waals surface area contributed by atoms with E-state index in [1.165, 1.54) is 28.0 Å². The van der Waals surface area contributed by atoms with Gasteiger partial charge in [0.2, 0.25) is 11.0 Å². The van der Waals surface area contributed by atoms with Crippen LogP contribution in [-0.4, -0.2) is 37.5 Å². The van der Waals surface area contributed by atoms with E-state index in [-0.39, 0.29) is 17.0 Å². The third-order valence-corrected chi connectivity index (χ3v) is 7.15. The highest BCUT2D eigenvalue weighted by atomic mass is 32.2. The molecule has 26 heavy (non-hydrogen) atoms. The lowest BCUT2D eigenvalue weighted by Crippen LogP contribution is -2.61. The van der Waals surface area contributed by atoms with Crippen LogP contribution >= 0.6 is 35.7 Å². The maximum atomic E-state index is 12.5. The third-order valence-electron chi connectivity index (χ3n) is 4.58. The van der Waals surface area contributed by atoms with E-state index in [2.05, 4.69) is 17.6 Å². The van der Waals surface area contributed by atoms with E-state index >= 15 is 0 Å². The standard InChI is InChI=1S/C18H16N2O3S3/c1-2-11(21)12-16(22)20-13(18(23)24)14(26-17(12)20)15-19-10(8-25-15)9-6-4-3-5-7-9/h3-8,11-12,17,21H,2H2,1H3,(H,23,24)/t11-,12+,17+/m0/s1. The van der Waals surface area contributed by atoms with Gasteiger partial charge in [0.15, 0.2) is 0 Å². The second-order valence-corrected chi connectivity index (χ2v) is 8.50. The van der Waals surface area contributed by atoms with Crippen LogP contribution in [0.25, 0.3) is 16.2 Å². The lowest BCUT2D eigenvalue weighted by molar-refractivity contribution is -0.154. The summed E-state index contributed by atoms with van der Waals surface area (Å²) in [6.07, 6.45) is -0.209. The summed E-state index contributed by atoms with van der Waals surface area (Å²) in [7, 11) is 0. The van der Waals surface area contributed by atoms with Gasteiger partial charge in [-0.2, -0.15) is 0 Å². The smallest absolute Gasteiger partial charge is 0.236 e. The third kappa shape index (κ3) is 2.72. The number of carbonyl (C=O) groups excluding carboxylic acids is 2. The summed E-state index contributed by atoms with van der Waals surface area (Å²) in [5, 5.41) is 12.0. The van der Waals surface area contributed by atoms with Crippen molar-refractivity contribution in [3.05, 3.63) is 46.4 Å². The molecule has 0 radical (unpaired) electrons. The molecule has 8 heteroatoms. The Morgan fingerprint density at radius 1 is 1.38 bits per heavy atom. The molecule has 2 aliphatic heterocycles. The van der Waals surface area contributed by atoms with Crippen molar-refractivity contribution in [2.75, 3.05) is 0 Å². The van der Waals surface area contributed by atoms with Crippen LogP contribution in [0.5, 0.6) is 0 Å². The number of fused-ring (bicyclic) bond motifs is 1. The van der Waals surface area contributed by atoms with E-state index in [0.29, 0.717) is 16.3 Å². The number of thiazole rings is 1. The van der Waals surface area contributed by atoms with Gasteiger partial charge in [-0.3, -0.25) is 14.5 Å². The highest BCUT2D eigenvalue weighted by molar-refractivity contribution is 8.09. The van der Waals surface area contributed by atoms with E-state index in [0.717, 1.165) is 11.3 Å². The zero-order chi connectivity index (χ0) is 18.4. The van der Waals surface area contributed by atoms with Crippen molar-refractivity contribution in [2.24, 2.45) is 5.92 Å². The predicted octanol–water partition coefficient (Wildman–Crippen LogP) is 3.24. The van der Waals surface area contributed by atoms with Gasteiger partial charge in [-0.15, -0.1) is 11.3 Å². The second kappa shape index (κ2) is 6.84. The first-order chi connectivity index (χ1) is 12.5. The molecule has 134 valence electrons. The summed E-state index contributed by atoms with van der Waals surface area (Å²) in [6.45, 7) is 1.84. The highest BCUT2D eigenvalue weighted by Crippen LogP contribution is 2.54. The van der Waals surface area contributed by atoms with Gasteiger partial charge < -0.3 is 5.11 Å². The van der Waals surface area contributed by atoms with Crippen molar-refractivity contribution < 1.29 is 14.7 Å². The number of thiol groups is 1. The number of aromatic nitrogens is 1. The molecule has 1 amide bonds. The van der Waals surface area contributed by atoms with Crippen LogP contribution in [0.15, 0.2) is 41.4 Å². The molecular formula is C18H16N2O3S3. The minimum atomic E-state index is -0.706. The van der Waals surface area contributed by atoms with Gasteiger partial charge in [0.1, 0.15) is 16.1 Å². The van der Waals surface area contributed by atoms with E-state index in [1.54, 1.807) is 0 Å². The predicted molar refractivity (Wildman–Crippen MR) is 106 cm³/mol. The minimum Gasteiger partial charge on any atom is -0.392 e. The van der Waals surface area contributed by atoms with Gasteiger partial charge in [-0.25, -0.2) is 4.98 Å². The van der Waals surface area contributed by atoms with Crippen LogP contribution in [0.4, 0.5) is 0 Å². The summed E-state index contributed by atoms with van der Waals surface area (Å²) in [5.41, 5.74) is 2.10. The Balaban J connectivity index is 1.70. The van der Waals surface area contributed by atoms with Crippen LogP contribution in [0.3, 0.4) is 0 Å². The second-order valence-electron chi connectivity index (χ2n) is 6.10. The molecule has 1 aromatic heterocycles. The molecule has 4 rings (SSSR count). The Morgan fingerprint density at radius 3 is 2.77 bits per heavy atom. The molecule has 2 aromatic rings. The number of rotatable bonds is 5. The fourth-order valence-electron chi connectivity index (χ4n) is 3.22. The molecule has 0 aliphatic carbocycles. The molecule has 1 N–H and O–H groups in total. The van der Waals surface area contributed by atoms with Crippen molar-refractivity contribution in [2.45, 2.75) is 24.8 Å². The number of aliphatic hydroxyl groups excluding tert-OH is 1. The minimum absolute atomic E-state index is 0.218. The molecule has 1 fully saturated rings. The SMILES string of the molecule is CC[C@H](O)[C@@H]1C(=O)N2C(C(=O)S)=C(c3nc(-c4ccccc4)cs3)S[C@H]12. The van der Waals surface area contributed by atoms with E-state index in [1.807, 2.05) is 42.6 Å². The highest BCUT2D eigenvalue weighted by Gasteiger charge is 2.58. The maximum absolute atomic E-state index is 12.5. The Morgan fingerprint density at radius 2 is 2.12 bits per heavy atom. The van der Waals surface area contributed by atoms with Gasteiger partial charge in [-0.05, 0) is 6.42 Å². The Bertz CT molecular complexity index is 909. The molecule has 0 saturated carbocycles. The largest absolute Gasteiger partial charge is 0.392 e. The van der Waals surface area contributed by atoms with Gasteiger partial charge in [-0.1, -0.05) is 61.6 Å².